The van der Waals surface area contributed by atoms with Crippen LogP contribution in [0.2, 0.25) is 0 Å². The van der Waals surface area contributed by atoms with Crippen molar-refractivity contribution in [1.82, 2.24) is 0 Å². The van der Waals surface area contributed by atoms with Gasteiger partial charge in [0.25, 0.3) is 9.05 Å². The minimum absolute atomic E-state index is 0.550. The number of benzene rings is 1. The highest BCUT2D eigenvalue weighted by molar-refractivity contribution is 8.65. The summed E-state index contributed by atoms with van der Waals surface area (Å²) in [4.78, 5) is -1.45. The first-order valence-corrected chi connectivity index (χ1v) is 5.67. The molecule has 0 aromatic heterocycles. The smallest absolute Gasteiger partial charge is 0.107 e. The second kappa shape index (κ2) is 1.90. The van der Waals surface area contributed by atoms with Crippen LogP contribution < -0.4 is 0 Å². The molecule has 0 amide bonds. The third-order valence-corrected chi connectivity index (χ3v) is 2.83. The zero-order valence-electron chi connectivity index (χ0n) is 5.61. The first kappa shape index (κ1) is 9.67. The van der Waals surface area contributed by atoms with Crippen molar-refractivity contribution in [2.45, 2.75) is 4.90 Å². The molecule has 0 aliphatic carbocycles. The average Bonchev–Trinajstić information content (AvgIpc) is 1.85. The van der Waals surface area contributed by atoms with Crippen LogP contribution in [-0.2, 0) is 0 Å². The van der Waals surface area contributed by atoms with Crippen LogP contribution in [0.5, 0.6) is 0 Å². The van der Waals surface area contributed by atoms with E-state index in [1.807, 2.05) is 0 Å². The standard InChI is InChI=1S/C6H4ClF4S/c7-12(8,9,10,11)6-4-2-1-3-5-6/h2-5H. The summed E-state index contributed by atoms with van der Waals surface area (Å²) in [7, 11) is -4.47. The third-order valence-electron chi connectivity index (χ3n) is 1.13. The average molecular weight is 220 g/mol. The first-order valence-electron chi connectivity index (χ1n) is 2.80. The maximum atomic E-state index is 12.4. The molecule has 6 heteroatoms. The van der Waals surface area contributed by atoms with Crippen molar-refractivity contribution in [3.8, 4) is 0 Å². The molecule has 1 radical (unpaired) electrons. The number of rotatable bonds is 1. The zero-order valence-corrected chi connectivity index (χ0v) is 7.18. The fraction of sp³-hybridized carbons (Fsp3) is 0. The van der Waals surface area contributed by atoms with E-state index < -0.39 is 13.9 Å². The van der Waals surface area contributed by atoms with Gasteiger partial charge in [0.1, 0.15) is 0 Å². The van der Waals surface area contributed by atoms with Crippen LogP contribution in [-0.4, -0.2) is 0 Å². The van der Waals surface area contributed by atoms with E-state index in [0.29, 0.717) is 12.1 Å². The Labute approximate surface area is 71.1 Å². The number of halogens is 5. The topological polar surface area (TPSA) is 0 Å². The van der Waals surface area contributed by atoms with E-state index in [2.05, 4.69) is 16.7 Å². The zero-order chi connectivity index (χ0) is 9.52. The van der Waals surface area contributed by atoms with Gasteiger partial charge >= 0.3 is 0 Å². The fourth-order valence-corrected chi connectivity index (χ4v) is 1.59. The van der Waals surface area contributed by atoms with Crippen LogP contribution in [0.3, 0.4) is 0 Å². The summed E-state index contributed by atoms with van der Waals surface area (Å²) in [5, 5.41) is 0. The molecule has 0 bridgehead atoms. The molecule has 0 aliphatic heterocycles. The minimum Gasteiger partial charge on any atom is -0.107 e. The van der Waals surface area contributed by atoms with Gasteiger partial charge in [0.2, 0.25) is 0 Å². The minimum atomic E-state index is -8.47. The van der Waals surface area contributed by atoms with Gasteiger partial charge in [-0.1, -0.05) is 12.1 Å². The SMILES string of the molecule is FS(F)(F)(F)(Cl)c1cc[c]cc1. The second-order valence-electron chi connectivity index (χ2n) is 2.20. The molecule has 1 rings (SSSR count). The van der Waals surface area contributed by atoms with Gasteiger partial charge in [0.05, 0.1) is 4.90 Å². The van der Waals surface area contributed by atoms with Crippen molar-refractivity contribution in [3.63, 3.8) is 0 Å². The summed E-state index contributed by atoms with van der Waals surface area (Å²) in [5.41, 5.74) is 0. The third kappa shape index (κ3) is 2.28. The van der Waals surface area contributed by atoms with Crippen molar-refractivity contribution in [3.05, 3.63) is 30.3 Å². The van der Waals surface area contributed by atoms with Crippen molar-refractivity contribution in [2.75, 3.05) is 0 Å². The summed E-state index contributed by atoms with van der Waals surface area (Å²) in [5.74, 6) is 0. The molecule has 0 atom stereocenters. The summed E-state index contributed by atoms with van der Waals surface area (Å²) in [6, 6.07) is 5.34. The Morgan fingerprint density at radius 1 is 1.08 bits per heavy atom. The van der Waals surface area contributed by atoms with Gasteiger partial charge in [-0.05, 0) is 18.2 Å². The molecule has 0 heterocycles. The van der Waals surface area contributed by atoms with E-state index in [1.54, 1.807) is 0 Å². The molecule has 12 heavy (non-hydrogen) atoms. The van der Waals surface area contributed by atoms with Crippen molar-refractivity contribution in [2.24, 2.45) is 0 Å². The van der Waals surface area contributed by atoms with E-state index in [4.69, 9.17) is 0 Å². The maximum Gasteiger partial charge on any atom is 0.253 e. The second-order valence-corrected chi connectivity index (χ2v) is 6.48. The molecule has 0 nitrogen and oxygen atoms in total. The molecular weight excluding hydrogens is 216 g/mol. The largest absolute Gasteiger partial charge is 0.253 e. The molecular formula is C6H4ClF4S. The van der Waals surface area contributed by atoms with E-state index in [0.717, 1.165) is 12.1 Å². The van der Waals surface area contributed by atoms with Crippen molar-refractivity contribution >= 4 is 19.7 Å². The van der Waals surface area contributed by atoms with E-state index in [-0.39, 0.29) is 0 Å². The van der Waals surface area contributed by atoms with Crippen molar-refractivity contribution < 1.29 is 15.5 Å². The molecule has 0 fully saturated rings. The highest BCUT2D eigenvalue weighted by Gasteiger charge is 2.62. The Bertz CT molecular complexity index is 289. The van der Waals surface area contributed by atoms with E-state index >= 15 is 0 Å². The Balaban J connectivity index is 3.36. The Kier molecular flexibility index (Phi) is 1.53. The monoisotopic (exact) mass is 219 g/mol. The van der Waals surface area contributed by atoms with E-state index in [9.17, 15) is 15.5 Å². The highest BCUT2D eigenvalue weighted by Crippen LogP contribution is 3.04. The fourth-order valence-electron chi connectivity index (χ4n) is 0.629. The van der Waals surface area contributed by atoms with Gasteiger partial charge < -0.3 is 0 Å². The van der Waals surface area contributed by atoms with Gasteiger partial charge in [0, 0.05) is 10.7 Å². The molecule has 0 saturated heterocycles. The first-order chi connectivity index (χ1) is 5.09. The molecule has 0 N–H and O–H groups in total. The van der Waals surface area contributed by atoms with Gasteiger partial charge in [-0.25, -0.2) is 0 Å². The van der Waals surface area contributed by atoms with Gasteiger partial charge in [-0.3, -0.25) is 0 Å². The predicted octanol–water partition coefficient (Wildman–Crippen LogP) is 4.41. The maximum absolute atomic E-state index is 12.4. The normalized spacial score (nSPS) is 18.1. The predicted molar refractivity (Wildman–Crippen MR) is 41.4 cm³/mol. The lowest BCUT2D eigenvalue weighted by Gasteiger charge is -2.42. The molecule has 0 saturated carbocycles. The van der Waals surface area contributed by atoms with Crippen LogP contribution in [0, 0.1) is 6.07 Å². The van der Waals surface area contributed by atoms with Crippen LogP contribution in [0.15, 0.2) is 29.2 Å². The lowest BCUT2D eigenvalue weighted by atomic mass is 10.4. The van der Waals surface area contributed by atoms with Gasteiger partial charge in [-0.15, -0.1) is 15.5 Å². The highest BCUT2D eigenvalue weighted by atomic mass is 35.7. The molecule has 69 valence electrons. The molecule has 0 aliphatic rings. The van der Waals surface area contributed by atoms with Gasteiger partial charge in [-0.2, -0.15) is 0 Å². The molecule has 0 unspecified atom stereocenters. The number of hydrogen-bond acceptors (Lipinski definition) is 0. The van der Waals surface area contributed by atoms with Crippen LogP contribution in [0.4, 0.5) is 15.5 Å². The van der Waals surface area contributed by atoms with Crippen LogP contribution in [0.1, 0.15) is 0 Å². The Morgan fingerprint density at radius 3 is 1.75 bits per heavy atom. The Morgan fingerprint density at radius 2 is 1.50 bits per heavy atom. The van der Waals surface area contributed by atoms with Crippen molar-refractivity contribution in [1.29, 1.82) is 0 Å². The van der Waals surface area contributed by atoms with Gasteiger partial charge in [0.15, 0.2) is 0 Å². The Hall–Kier alpha value is -0.420. The lowest BCUT2D eigenvalue weighted by Crippen LogP contribution is -2.03. The van der Waals surface area contributed by atoms with E-state index in [1.165, 1.54) is 0 Å². The molecule has 0 spiro atoms. The number of hydrogen-bond donors (Lipinski definition) is 0. The summed E-state index contributed by atoms with van der Waals surface area (Å²) >= 11 is 0. The molecule has 1 aromatic carbocycles. The summed E-state index contributed by atoms with van der Waals surface area (Å²) in [6.45, 7) is 0. The summed E-state index contributed by atoms with van der Waals surface area (Å²) < 4.78 is 49.5. The summed E-state index contributed by atoms with van der Waals surface area (Å²) in [6.07, 6.45) is 0. The molecule has 1 aromatic rings. The quantitative estimate of drug-likeness (QED) is 0.614. The van der Waals surface area contributed by atoms with Crippen LogP contribution in [0.25, 0.3) is 0 Å². The van der Waals surface area contributed by atoms with Crippen LogP contribution >= 0.6 is 19.7 Å². The lowest BCUT2D eigenvalue weighted by molar-refractivity contribution is 0.480.